The minimum absolute atomic E-state index is 0.0386. The number of carbonyl (C=O) groups is 2. The number of sulfone groups is 1. The molecule has 1 aromatic rings. The zero-order chi connectivity index (χ0) is 16.3. The number of carbonyl (C=O) groups excluding carboxylic acids is 1. The number of thioether (sulfide) groups is 1. The summed E-state index contributed by atoms with van der Waals surface area (Å²) in [5.74, 6) is -0.852. The summed E-state index contributed by atoms with van der Waals surface area (Å²) < 4.78 is 22.7. The molecule has 1 aliphatic heterocycles. The highest BCUT2D eigenvalue weighted by atomic mass is 32.2. The third-order valence-corrected chi connectivity index (χ3v) is 6.67. The molecule has 8 heteroatoms. The largest absolute Gasteiger partial charge is 0.478 e. The van der Waals surface area contributed by atoms with Gasteiger partial charge in [-0.15, -0.1) is 11.8 Å². The minimum atomic E-state index is -2.94. The van der Waals surface area contributed by atoms with Gasteiger partial charge in [-0.3, -0.25) is 4.79 Å². The summed E-state index contributed by atoms with van der Waals surface area (Å²) in [5.41, 5.74) is 1.19. The van der Waals surface area contributed by atoms with Crippen molar-refractivity contribution in [3.05, 3.63) is 29.3 Å². The zero-order valence-electron chi connectivity index (χ0n) is 12.0. The minimum Gasteiger partial charge on any atom is -0.478 e. The number of carboxylic acid groups (broad SMARTS) is 1. The number of hydrogen-bond donors (Lipinski definition) is 2. The highest BCUT2D eigenvalue weighted by Crippen LogP contribution is 2.24. The van der Waals surface area contributed by atoms with E-state index in [0.29, 0.717) is 17.7 Å². The van der Waals surface area contributed by atoms with E-state index in [9.17, 15) is 18.0 Å². The van der Waals surface area contributed by atoms with E-state index in [0.717, 1.165) is 0 Å². The topological polar surface area (TPSA) is 101 Å². The summed E-state index contributed by atoms with van der Waals surface area (Å²) in [6.45, 7) is 1.69. The second kappa shape index (κ2) is 6.70. The molecule has 1 amide bonds. The van der Waals surface area contributed by atoms with Crippen LogP contribution in [0.15, 0.2) is 18.2 Å². The summed E-state index contributed by atoms with van der Waals surface area (Å²) in [7, 11) is -2.94. The second-order valence-electron chi connectivity index (χ2n) is 5.22. The summed E-state index contributed by atoms with van der Waals surface area (Å²) in [5, 5.41) is 11.6. The lowest BCUT2D eigenvalue weighted by molar-refractivity contribution is -0.113. The smallest absolute Gasteiger partial charge is 0.336 e. The Bertz CT molecular complexity index is 699. The molecule has 1 aliphatic rings. The van der Waals surface area contributed by atoms with Crippen molar-refractivity contribution in [2.75, 3.05) is 22.6 Å². The Morgan fingerprint density at radius 2 is 2.14 bits per heavy atom. The van der Waals surface area contributed by atoms with Crippen molar-refractivity contribution >= 4 is 39.2 Å². The van der Waals surface area contributed by atoms with Crippen molar-refractivity contribution in [1.29, 1.82) is 0 Å². The maximum atomic E-state index is 11.9. The number of benzene rings is 1. The summed E-state index contributed by atoms with van der Waals surface area (Å²) >= 11 is 1.32. The van der Waals surface area contributed by atoms with Gasteiger partial charge in [0.1, 0.15) is 0 Å². The van der Waals surface area contributed by atoms with Crippen LogP contribution in [0.3, 0.4) is 0 Å². The van der Waals surface area contributed by atoms with Gasteiger partial charge in [-0.25, -0.2) is 13.2 Å². The van der Waals surface area contributed by atoms with Crippen LogP contribution in [-0.4, -0.2) is 47.9 Å². The molecule has 1 fully saturated rings. The molecule has 1 unspecified atom stereocenters. The van der Waals surface area contributed by atoms with Gasteiger partial charge in [0.25, 0.3) is 0 Å². The maximum absolute atomic E-state index is 11.9. The van der Waals surface area contributed by atoms with Gasteiger partial charge in [-0.2, -0.15) is 0 Å². The summed E-state index contributed by atoms with van der Waals surface area (Å²) in [6, 6.07) is 4.69. The van der Waals surface area contributed by atoms with E-state index in [1.165, 1.54) is 17.8 Å². The number of anilines is 1. The molecular weight excluding hydrogens is 326 g/mol. The van der Waals surface area contributed by atoms with Crippen LogP contribution in [0.5, 0.6) is 0 Å². The molecule has 1 saturated heterocycles. The molecule has 1 atom stereocenters. The van der Waals surface area contributed by atoms with E-state index >= 15 is 0 Å². The first kappa shape index (κ1) is 16.8. The Morgan fingerprint density at radius 1 is 1.41 bits per heavy atom. The zero-order valence-corrected chi connectivity index (χ0v) is 13.7. The molecule has 6 nitrogen and oxygen atoms in total. The van der Waals surface area contributed by atoms with Crippen molar-refractivity contribution in [3.8, 4) is 0 Å². The lowest BCUT2D eigenvalue weighted by Gasteiger charge is -2.09. The quantitative estimate of drug-likeness (QED) is 0.841. The Labute approximate surface area is 133 Å². The number of amides is 1. The van der Waals surface area contributed by atoms with E-state index < -0.39 is 15.8 Å². The van der Waals surface area contributed by atoms with Crippen molar-refractivity contribution < 1.29 is 23.1 Å². The second-order valence-corrected chi connectivity index (χ2v) is 8.74. The van der Waals surface area contributed by atoms with E-state index in [4.69, 9.17) is 5.11 Å². The Morgan fingerprint density at radius 3 is 2.73 bits per heavy atom. The molecule has 0 radical (unpaired) electrons. The Hall–Kier alpha value is -1.54. The van der Waals surface area contributed by atoms with E-state index in [2.05, 4.69) is 5.32 Å². The van der Waals surface area contributed by atoms with Gasteiger partial charge in [0.15, 0.2) is 9.84 Å². The summed E-state index contributed by atoms with van der Waals surface area (Å²) in [6.07, 6.45) is 0.577. The fraction of sp³-hybridized carbons (Fsp3) is 0.429. The van der Waals surface area contributed by atoms with E-state index in [1.807, 2.05) is 0 Å². The lowest BCUT2D eigenvalue weighted by Crippen LogP contribution is -2.17. The van der Waals surface area contributed by atoms with Crippen LogP contribution in [0.1, 0.15) is 22.3 Å². The average molecular weight is 343 g/mol. The van der Waals surface area contributed by atoms with Gasteiger partial charge in [0, 0.05) is 10.9 Å². The maximum Gasteiger partial charge on any atom is 0.336 e. The van der Waals surface area contributed by atoms with Crippen LogP contribution in [0, 0.1) is 6.92 Å². The van der Waals surface area contributed by atoms with E-state index in [-0.39, 0.29) is 34.0 Å². The van der Waals surface area contributed by atoms with Gasteiger partial charge >= 0.3 is 5.97 Å². The first-order valence-corrected chi connectivity index (χ1v) is 9.60. The predicted molar refractivity (Wildman–Crippen MR) is 86.3 cm³/mol. The van der Waals surface area contributed by atoms with Crippen molar-refractivity contribution in [1.82, 2.24) is 0 Å². The molecule has 2 N–H and O–H groups in total. The molecule has 0 aliphatic carbocycles. The van der Waals surface area contributed by atoms with Crippen LogP contribution in [0.2, 0.25) is 0 Å². The standard InChI is InChI=1S/C14H17NO5S2/c1-9-2-3-10(6-12(9)14(17)18)15-13(16)7-21-11-4-5-22(19,20)8-11/h2-3,6,11H,4-5,7-8H2,1H3,(H,15,16)(H,17,18). The monoisotopic (exact) mass is 343 g/mol. The molecule has 2 rings (SSSR count). The normalized spacial score (nSPS) is 19.8. The number of aromatic carboxylic acids is 1. The van der Waals surface area contributed by atoms with Crippen molar-refractivity contribution in [2.45, 2.75) is 18.6 Å². The predicted octanol–water partition coefficient (Wildman–Crippen LogP) is 1.55. The van der Waals surface area contributed by atoms with Crippen LogP contribution in [0.25, 0.3) is 0 Å². The van der Waals surface area contributed by atoms with Gasteiger partial charge in [-0.05, 0) is 31.0 Å². The first-order chi connectivity index (χ1) is 10.3. The number of rotatable bonds is 5. The average Bonchev–Trinajstić information content (AvgIpc) is 2.78. The summed E-state index contributed by atoms with van der Waals surface area (Å²) in [4.78, 5) is 22.9. The molecule has 1 heterocycles. The van der Waals surface area contributed by atoms with Crippen molar-refractivity contribution in [2.24, 2.45) is 0 Å². The Balaban J connectivity index is 1.90. The van der Waals surface area contributed by atoms with Gasteiger partial charge in [0.05, 0.1) is 22.8 Å². The molecule has 120 valence electrons. The van der Waals surface area contributed by atoms with Gasteiger partial charge in [-0.1, -0.05) is 6.07 Å². The number of nitrogens with one attached hydrogen (secondary N) is 1. The number of aryl methyl sites for hydroxylation is 1. The SMILES string of the molecule is Cc1ccc(NC(=O)CSC2CCS(=O)(=O)C2)cc1C(=O)O. The first-order valence-electron chi connectivity index (χ1n) is 6.72. The van der Waals surface area contributed by atoms with Crippen molar-refractivity contribution in [3.63, 3.8) is 0 Å². The fourth-order valence-corrected chi connectivity index (χ4v) is 5.66. The highest BCUT2D eigenvalue weighted by molar-refractivity contribution is 8.02. The van der Waals surface area contributed by atoms with Gasteiger partial charge in [0.2, 0.25) is 5.91 Å². The Kier molecular flexibility index (Phi) is 5.12. The molecule has 1 aromatic carbocycles. The number of hydrogen-bond acceptors (Lipinski definition) is 5. The third-order valence-electron chi connectivity index (χ3n) is 3.39. The van der Waals surface area contributed by atoms with Crippen LogP contribution >= 0.6 is 11.8 Å². The number of carboxylic acids is 1. The molecule has 0 spiro atoms. The molecule has 0 saturated carbocycles. The fourth-order valence-electron chi connectivity index (χ4n) is 2.21. The molecular formula is C14H17NO5S2. The van der Waals surface area contributed by atoms with Crippen LogP contribution in [-0.2, 0) is 14.6 Å². The lowest BCUT2D eigenvalue weighted by atomic mass is 10.1. The van der Waals surface area contributed by atoms with Crippen LogP contribution < -0.4 is 5.32 Å². The third kappa shape index (κ3) is 4.48. The molecule has 22 heavy (non-hydrogen) atoms. The van der Waals surface area contributed by atoms with Crippen LogP contribution in [0.4, 0.5) is 5.69 Å². The van der Waals surface area contributed by atoms with Gasteiger partial charge < -0.3 is 10.4 Å². The highest BCUT2D eigenvalue weighted by Gasteiger charge is 2.28. The molecule has 0 aromatic heterocycles. The van der Waals surface area contributed by atoms with E-state index in [1.54, 1.807) is 19.1 Å². The molecule has 0 bridgehead atoms.